The quantitative estimate of drug-likeness (QED) is 0.267. The molecule has 1 aliphatic heterocycles. The number of benzene rings is 1. The monoisotopic (exact) mass is 292 g/mol. The maximum absolute atomic E-state index is 11.3. The maximum atomic E-state index is 11.3. The zero-order chi connectivity index (χ0) is 15.2. The standard InChI is InChI=1S/C13H16N4O4/c14-16-13(20)9-1-3-10(4-2-9)21-6-5-17-7-11(18)15-12(19)8-17/h1-4H,5-8,14H2,(H,16,20)(H,15,18,19). The minimum absolute atomic E-state index is 0.185. The molecule has 8 heteroatoms. The summed E-state index contributed by atoms with van der Waals surface area (Å²) in [6.45, 7) is 1.17. The predicted molar refractivity (Wildman–Crippen MR) is 73.2 cm³/mol. The van der Waals surface area contributed by atoms with Crippen molar-refractivity contribution in [3.63, 3.8) is 0 Å². The number of rotatable bonds is 5. The number of hydrogen-bond donors (Lipinski definition) is 3. The summed E-state index contributed by atoms with van der Waals surface area (Å²) in [6, 6.07) is 6.49. The number of hydrogen-bond acceptors (Lipinski definition) is 6. The molecule has 0 saturated carbocycles. The van der Waals surface area contributed by atoms with E-state index >= 15 is 0 Å². The van der Waals surface area contributed by atoms with Crippen LogP contribution in [0.3, 0.4) is 0 Å². The van der Waals surface area contributed by atoms with Gasteiger partial charge in [-0.05, 0) is 24.3 Å². The van der Waals surface area contributed by atoms with Gasteiger partial charge in [0.2, 0.25) is 11.8 Å². The highest BCUT2D eigenvalue weighted by Crippen LogP contribution is 2.12. The van der Waals surface area contributed by atoms with Gasteiger partial charge in [-0.25, -0.2) is 5.84 Å². The van der Waals surface area contributed by atoms with Crippen molar-refractivity contribution in [3.8, 4) is 5.75 Å². The Balaban J connectivity index is 1.79. The molecule has 0 spiro atoms. The highest BCUT2D eigenvalue weighted by atomic mass is 16.5. The number of ether oxygens (including phenoxy) is 1. The third-order valence-corrected chi connectivity index (χ3v) is 2.94. The van der Waals surface area contributed by atoms with Gasteiger partial charge in [-0.2, -0.15) is 0 Å². The SMILES string of the molecule is NNC(=O)c1ccc(OCCN2CC(=O)NC(=O)C2)cc1. The Hall–Kier alpha value is -2.45. The Kier molecular flexibility index (Phi) is 4.85. The zero-order valence-electron chi connectivity index (χ0n) is 11.3. The Morgan fingerprint density at radius 2 is 1.86 bits per heavy atom. The van der Waals surface area contributed by atoms with E-state index in [1.54, 1.807) is 29.2 Å². The highest BCUT2D eigenvalue weighted by molar-refractivity contribution is 5.99. The Morgan fingerprint density at radius 1 is 1.24 bits per heavy atom. The second-order valence-electron chi connectivity index (χ2n) is 4.53. The zero-order valence-corrected chi connectivity index (χ0v) is 11.3. The van der Waals surface area contributed by atoms with Gasteiger partial charge < -0.3 is 4.74 Å². The van der Waals surface area contributed by atoms with Gasteiger partial charge in [0.25, 0.3) is 5.91 Å². The van der Waals surface area contributed by atoms with E-state index < -0.39 is 0 Å². The van der Waals surface area contributed by atoms with Crippen LogP contribution in [0.25, 0.3) is 0 Å². The van der Waals surface area contributed by atoms with Gasteiger partial charge >= 0.3 is 0 Å². The van der Waals surface area contributed by atoms with Crippen molar-refractivity contribution in [1.82, 2.24) is 15.6 Å². The summed E-state index contributed by atoms with van der Waals surface area (Å²) in [6.07, 6.45) is 0. The van der Waals surface area contributed by atoms with Crippen LogP contribution in [0.1, 0.15) is 10.4 Å². The molecule has 3 amide bonds. The van der Waals surface area contributed by atoms with E-state index in [0.717, 1.165) is 0 Å². The van der Waals surface area contributed by atoms with Gasteiger partial charge in [-0.1, -0.05) is 0 Å². The molecule has 0 atom stereocenters. The van der Waals surface area contributed by atoms with Crippen LogP contribution in [0, 0.1) is 0 Å². The van der Waals surface area contributed by atoms with Gasteiger partial charge in [-0.3, -0.25) is 30.0 Å². The molecule has 1 aliphatic rings. The number of hydrazine groups is 1. The van der Waals surface area contributed by atoms with Crippen LogP contribution < -0.4 is 21.3 Å². The van der Waals surface area contributed by atoms with E-state index in [-0.39, 0.29) is 30.8 Å². The predicted octanol–water partition coefficient (Wildman–Crippen LogP) is -1.37. The van der Waals surface area contributed by atoms with Gasteiger partial charge in [-0.15, -0.1) is 0 Å². The molecule has 1 aromatic rings. The van der Waals surface area contributed by atoms with Crippen molar-refractivity contribution in [1.29, 1.82) is 0 Å². The highest BCUT2D eigenvalue weighted by Gasteiger charge is 2.21. The molecule has 8 nitrogen and oxygen atoms in total. The smallest absolute Gasteiger partial charge is 0.265 e. The molecule has 0 bridgehead atoms. The second kappa shape index (κ2) is 6.82. The summed E-state index contributed by atoms with van der Waals surface area (Å²) in [5.41, 5.74) is 2.47. The maximum Gasteiger partial charge on any atom is 0.265 e. The van der Waals surface area contributed by atoms with E-state index in [4.69, 9.17) is 10.6 Å². The van der Waals surface area contributed by atoms with Crippen molar-refractivity contribution in [2.75, 3.05) is 26.2 Å². The van der Waals surface area contributed by atoms with Gasteiger partial charge in [0.05, 0.1) is 13.1 Å². The molecule has 0 radical (unpaired) electrons. The van der Waals surface area contributed by atoms with Crippen molar-refractivity contribution in [3.05, 3.63) is 29.8 Å². The minimum atomic E-state index is -0.376. The Bertz CT molecular complexity index is 528. The van der Waals surface area contributed by atoms with Crippen molar-refractivity contribution in [2.45, 2.75) is 0 Å². The average Bonchev–Trinajstić information content (AvgIpc) is 2.46. The molecule has 1 fully saturated rings. The van der Waals surface area contributed by atoms with Crippen molar-refractivity contribution in [2.24, 2.45) is 5.84 Å². The molecule has 1 saturated heterocycles. The van der Waals surface area contributed by atoms with Gasteiger partial charge in [0.1, 0.15) is 12.4 Å². The van der Waals surface area contributed by atoms with Gasteiger partial charge in [0.15, 0.2) is 0 Å². The van der Waals surface area contributed by atoms with Crippen LogP contribution >= 0.6 is 0 Å². The average molecular weight is 292 g/mol. The van der Waals surface area contributed by atoms with Crippen LogP contribution in [0.2, 0.25) is 0 Å². The topological polar surface area (TPSA) is 114 Å². The Labute approximate surface area is 121 Å². The first kappa shape index (κ1) is 14.9. The fraction of sp³-hybridized carbons (Fsp3) is 0.308. The minimum Gasteiger partial charge on any atom is -0.492 e. The lowest BCUT2D eigenvalue weighted by molar-refractivity contribution is -0.136. The molecule has 0 aromatic heterocycles. The van der Waals surface area contributed by atoms with Crippen LogP contribution in [0.5, 0.6) is 5.75 Å². The van der Waals surface area contributed by atoms with E-state index in [1.165, 1.54) is 0 Å². The number of amides is 3. The summed E-state index contributed by atoms with van der Waals surface area (Å²) in [5.74, 6) is 4.64. The number of carbonyl (C=O) groups excluding carboxylic acids is 3. The summed E-state index contributed by atoms with van der Waals surface area (Å²) in [5, 5.41) is 2.23. The van der Waals surface area contributed by atoms with E-state index in [1.807, 2.05) is 5.43 Å². The first-order valence-electron chi connectivity index (χ1n) is 6.37. The fourth-order valence-corrected chi connectivity index (χ4v) is 1.93. The van der Waals surface area contributed by atoms with E-state index in [2.05, 4.69) is 5.32 Å². The second-order valence-corrected chi connectivity index (χ2v) is 4.53. The third-order valence-electron chi connectivity index (χ3n) is 2.94. The molecule has 2 rings (SSSR count). The van der Waals surface area contributed by atoms with Crippen LogP contribution in [-0.4, -0.2) is 48.9 Å². The lowest BCUT2D eigenvalue weighted by Crippen LogP contribution is -2.52. The number of nitrogens with zero attached hydrogens (tertiary/aromatic N) is 1. The lowest BCUT2D eigenvalue weighted by atomic mass is 10.2. The molecule has 4 N–H and O–H groups in total. The van der Waals surface area contributed by atoms with Crippen LogP contribution in [0.4, 0.5) is 0 Å². The molecular formula is C13H16N4O4. The fourth-order valence-electron chi connectivity index (χ4n) is 1.93. The number of nitrogens with two attached hydrogens (primary N) is 1. The number of nitrogens with one attached hydrogen (secondary N) is 2. The molecule has 0 aliphatic carbocycles. The van der Waals surface area contributed by atoms with Gasteiger partial charge in [0, 0.05) is 12.1 Å². The molecule has 21 heavy (non-hydrogen) atoms. The summed E-state index contributed by atoms with van der Waals surface area (Å²) in [4.78, 5) is 35.3. The van der Waals surface area contributed by atoms with Crippen LogP contribution in [0.15, 0.2) is 24.3 Å². The number of carbonyl (C=O) groups is 3. The first-order chi connectivity index (χ1) is 10.1. The summed E-state index contributed by atoms with van der Waals surface area (Å²) >= 11 is 0. The van der Waals surface area contributed by atoms with Crippen molar-refractivity contribution < 1.29 is 19.1 Å². The third kappa shape index (κ3) is 4.26. The number of piperazine rings is 1. The molecular weight excluding hydrogens is 276 g/mol. The summed E-state index contributed by atoms with van der Waals surface area (Å²) < 4.78 is 5.50. The number of imide groups is 1. The Morgan fingerprint density at radius 3 is 2.43 bits per heavy atom. The lowest BCUT2D eigenvalue weighted by Gasteiger charge is -2.24. The van der Waals surface area contributed by atoms with E-state index in [9.17, 15) is 14.4 Å². The first-order valence-corrected chi connectivity index (χ1v) is 6.37. The van der Waals surface area contributed by atoms with Crippen molar-refractivity contribution >= 4 is 17.7 Å². The molecule has 112 valence electrons. The summed E-state index contributed by atoms with van der Waals surface area (Å²) in [7, 11) is 0. The molecule has 0 unspecified atom stereocenters. The number of nitrogen functional groups attached to an aromatic ring is 1. The molecule has 1 aromatic carbocycles. The molecule has 1 heterocycles. The normalized spacial score (nSPS) is 15.5. The van der Waals surface area contributed by atoms with Crippen LogP contribution in [-0.2, 0) is 9.59 Å². The largest absolute Gasteiger partial charge is 0.492 e. The van der Waals surface area contributed by atoms with E-state index in [0.29, 0.717) is 24.5 Å².